The van der Waals surface area contributed by atoms with Crippen LogP contribution >= 0.6 is 0 Å². The van der Waals surface area contributed by atoms with Gasteiger partial charge in [0.05, 0.1) is 0 Å². The number of hydrogen-bond acceptors (Lipinski definition) is 2. The topological polar surface area (TPSA) is 63.3 Å². The van der Waals surface area contributed by atoms with E-state index in [9.17, 15) is 4.79 Å². The second-order valence-corrected chi connectivity index (χ2v) is 3.56. The second kappa shape index (κ2) is 5.02. The number of hydrogen-bond donors (Lipinski definition) is 2. The Kier molecular flexibility index (Phi) is 3.96. The van der Waals surface area contributed by atoms with E-state index in [4.69, 9.17) is 10.8 Å². The molecule has 1 aliphatic carbocycles. The summed E-state index contributed by atoms with van der Waals surface area (Å²) in [6.45, 7) is 0. The molecule has 0 fully saturated rings. The van der Waals surface area contributed by atoms with E-state index in [1.54, 1.807) is 0 Å². The molecule has 0 heterocycles. The predicted molar refractivity (Wildman–Crippen MR) is 51.4 cm³/mol. The van der Waals surface area contributed by atoms with Crippen molar-refractivity contribution in [3.05, 3.63) is 11.6 Å². The van der Waals surface area contributed by atoms with Crippen LogP contribution in [0, 0.1) is 0 Å². The van der Waals surface area contributed by atoms with E-state index >= 15 is 0 Å². The molecule has 0 aliphatic heterocycles. The van der Waals surface area contributed by atoms with Gasteiger partial charge in [0.25, 0.3) is 0 Å². The smallest absolute Gasteiger partial charge is 0.303 e. The van der Waals surface area contributed by atoms with Crippen molar-refractivity contribution in [3.63, 3.8) is 0 Å². The van der Waals surface area contributed by atoms with Gasteiger partial charge in [-0.3, -0.25) is 4.79 Å². The van der Waals surface area contributed by atoms with Gasteiger partial charge in [-0.1, -0.05) is 11.6 Å². The van der Waals surface area contributed by atoms with E-state index in [0.717, 1.165) is 12.8 Å². The van der Waals surface area contributed by atoms with Gasteiger partial charge in [0.2, 0.25) is 0 Å². The van der Waals surface area contributed by atoms with Crippen LogP contribution < -0.4 is 5.73 Å². The highest BCUT2D eigenvalue weighted by Crippen LogP contribution is 2.21. The van der Waals surface area contributed by atoms with Crippen LogP contribution in [-0.4, -0.2) is 17.1 Å². The number of aliphatic carboxylic acids is 1. The first-order valence-electron chi connectivity index (χ1n) is 4.86. The molecular weight excluding hydrogens is 166 g/mol. The minimum Gasteiger partial charge on any atom is -0.481 e. The average Bonchev–Trinajstić information content (AvgIpc) is 2.15. The van der Waals surface area contributed by atoms with Crippen molar-refractivity contribution in [2.24, 2.45) is 5.73 Å². The van der Waals surface area contributed by atoms with Crippen LogP contribution in [0.15, 0.2) is 11.6 Å². The lowest BCUT2D eigenvalue weighted by molar-refractivity contribution is -0.137. The Hall–Kier alpha value is -0.830. The highest BCUT2D eigenvalue weighted by molar-refractivity contribution is 5.66. The molecule has 0 bridgehead atoms. The molecule has 0 saturated carbocycles. The fraction of sp³-hybridized carbons (Fsp3) is 0.700. The Morgan fingerprint density at radius 2 is 2.38 bits per heavy atom. The molecule has 0 aromatic carbocycles. The molecule has 3 nitrogen and oxygen atoms in total. The Labute approximate surface area is 78.6 Å². The van der Waals surface area contributed by atoms with Crippen molar-refractivity contribution < 1.29 is 9.90 Å². The summed E-state index contributed by atoms with van der Waals surface area (Å²) in [6.07, 6.45) is 7.54. The maximum absolute atomic E-state index is 10.3. The van der Waals surface area contributed by atoms with Crippen LogP contribution in [0.2, 0.25) is 0 Å². The largest absolute Gasteiger partial charge is 0.481 e. The van der Waals surface area contributed by atoms with Crippen LogP contribution in [0.25, 0.3) is 0 Å². The van der Waals surface area contributed by atoms with E-state index < -0.39 is 5.97 Å². The third kappa shape index (κ3) is 3.59. The fourth-order valence-corrected chi connectivity index (χ4v) is 1.66. The first-order valence-corrected chi connectivity index (χ1v) is 4.86. The number of allylic oxidation sites excluding steroid dienone is 1. The summed E-state index contributed by atoms with van der Waals surface area (Å²) >= 11 is 0. The fourth-order valence-electron chi connectivity index (χ4n) is 1.66. The van der Waals surface area contributed by atoms with E-state index in [-0.39, 0.29) is 12.5 Å². The van der Waals surface area contributed by atoms with Crippen molar-refractivity contribution in [2.45, 2.75) is 44.6 Å². The Morgan fingerprint density at radius 3 is 2.92 bits per heavy atom. The molecule has 1 aliphatic rings. The molecule has 3 heteroatoms. The maximum atomic E-state index is 10.3. The molecule has 0 spiro atoms. The van der Waals surface area contributed by atoms with Crippen LogP contribution in [0.5, 0.6) is 0 Å². The van der Waals surface area contributed by atoms with E-state index in [1.807, 2.05) is 0 Å². The molecule has 0 amide bonds. The molecule has 13 heavy (non-hydrogen) atoms. The van der Waals surface area contributed by atoms with Gasteiger partial charge in [0, 0.05) is 12.5 Å². The van der Waals surface area contributed by atoms with Crippen molar-refractivity contribution in [3.8, 4) is 0 Å². The lowest BCUT2D eigenvalue weighted by Gasteiger charge is -2.18. The van der Waals surface area contributed by atoms with Crippen molar-refractivity contribution in [2.75, 3.05) is 0 Å². The quantitative estimate of drug-likeness (QED) is 0.652. The molecule has 1 atom stereocenters. The van der Waals surface area contributed by atoms with Crippen molar-refractivity contribution in [1.82, 2.24) is 0 Å². The number of carbonyl (C=O) groups is 1. The van der Waals surface area contributed by atoms with Gasteiger partial charge >= 0.3 is 5.97 Å². The number of nitrogens with two attached hydrogens (primary N) is 1. The third-order valence-electron chi connectivity index (χ3n) is 2.47. The van der Waals surface area contributed by atoms with Crippen LogP contribution in [0.3, 0.4) is 0 Å². The van der Waals surface area contributed by atoms with Crippen LogP contribution in [0.4, 0.5) is 0 Å². The summed E-state index contributed by atoms with van der Waals surface area (Å²) in [5.41, 5.74) is 7.12. The van der Waals surface area contributed by atoms with E-state index in [0.29, 0.717) is 6.42 Å². The molecule has 3 N–H and O–H groups in total. The average molecular weight is 183 g/mol. The van der Waals surface area contributed by atoms with Gasteiger partial charge in [-0.25, -0.2) is 0 Å². The maximum Gasteiger partial charge on any atom is 0.303 e. The lowest BCUT2D eigenvalue weighted by atomic mass is 9.92. The predicted octanol–water partition coefficient (Wildman–Crippen LogP) is 1.68. The molecule has 0 saturated heterocycles. The Balaban J connectivity index is 2.33. The summed E-state index contributed by atoms with van der Waals surface area (Å²) in [5, 5.41) is 8.49. The van der Waals surface area contributed by atoms with Gasteiger partial charge in [0.1, 0.15) is 0 Å². The van der Waals surface area contributed by atoms with Crippen LogP contribution in [0.1, 0.15) is 38.5 Å². The van der Waals surface area contributed by atoms with Gasteiger partial charge in [0.15, 0.2) is 0 Å². The molecule has 74 valence electrons. The number of carboxylic acid groups (broad SMARTS) is 1. The SMILES string of the molecule is NC(CCC(=O)O)C1=CCCCC1. The molecule has 1 unspecified atom stereocenters. The normalized spacial score (nSPS) is 19.3. The van der Waals surface area contributed by atoms with Gasteiger partial charge in [-0.15, -0.1) is 0 Å². The van der Waals surface area contributed by atoms with Crippen molar-refractivity contribution >= 4 is 5.97 Å². The first-order chi connectivity index (χ1) is 6.20. The zero-order valence-corrected chi connectivity index (χ0v) is 7.83. The summed E-state index contributed by atoms with van der Waals surface area (Å²) in [5.74, 6) is -0.758. The summed E-state index contributed by atoms with van der Waals surface area (Å²) in [4.78, 5) is 10.3. The van der Waals surface area contributed by atoms with E-state index in [1.165, 1.54) is 18.4 Å². The monoisotopic (exact) mass is 183 g/mol. The van der Waals surface area contributed by atoms with Gasteiger partial charge < -0.3 is 10.8 Å². The first kappa shape index (κ1) is 10.3. The molecule has 0 aromatic rings. The molecule has 0 radical (unpaired) electrons. The van der Waals surface area contributed by atoms with Gasteiger partial charge in [-0.05, 0) is 32.1 Å². The lowest BCUT2D eigenvalue weighted by Crippen LogP contribution is -2.24. The van der Waals surface area contributed by atoms with Crippen molar-refractivity contribution in [1.29, 1.82) is 0 Å². The minimum atomic E-state index is -0.758. The highest BCUT2D eigenvalue weighted by Gasteiger charge is 2.12. The highest BCUT2D eigenvalue weighted by atomic mass is 16.4. The Bertz CT molecular complexity index is 211. The standard InChI is InChI=1S/C10H17NO2/c11-9(6-7-10(12)13)8-4-2-1-3-5-8/h4,9H,1-3,5-7,11H2,(H,12,13). The summed E-state index contributed by atoms with van der Waals surface area (Å²) in [6, 6.07) is -0.0311. The number of rotatable bonds is 4. The number of carboxylic acids is 1. The zero-order valence-electron chi connectivity index (χ0n) is 7.83. The molecular formula is C10H17NO2. The second-order valence-electron chi connectivity index (χ2n) is 3.56. The van der Waals surface area contributed by atoms with Crippen LogP contribution in [-0.2, 0) is 4.79 Å². The minimum absolute atomic E-state index is 0.0311. The third-order valence-corrected chi connectivity index (χ3v) is 2.47. The molecule has 1 rings (SSSR count). The summed E-state index contributed by atoms with van der Waals surface area (Å²) < 4.78 is 0. The zero-order chi connectivity index (χ0) is 9.68. The molecule has 0 aromatic heterocycles. The Morgan fingerprint density at radius 1 is 1.62 bits per heavy atom. The van der Waals surface area contributed by atoms with E-state index in [2.05, 4.69) is 6.08 Å². The van der Waals surface area contributed by atoms with Gasteiger partial charge in [-0.2, -0.15) is 0 Å². The summed E-state index contributed by atoms with van der Waals surface area (Å²) in [7, 11) is 0.